The van der Waals surface area contributed by atoms with Crippen LogP contribution in [0.25, 0.3) is 0 Å². The molecule has 0 radical (unpaired) electrons. The summed E-state index contributed by atoms with van der Waals surface area (Å²) < 4.78 is 0. The van der Waals surface area contributed by atoms with Gasteiger partial charge in [-0.25, -0.2) is 0 Å². The first kappa shape index (κ1) is 13.7. The number of rotatable bonds is 3. The van der Waals surface area contributed by atoms with Crippen molar-refractivity contribution in [3.05, 3.63) is 30.1 Å². The Morgan fingerprint density at radius 3 is 2.74 bits per heavy atom. The lowest BCUT2D eigenvalue weighted by Gasteiger charge is -2.41. The Kier molecular flexibility index (Phi) is 3.98. The Hall–Kier alpha value is -1.71. The molecule has 1 amide bonds. The number of aromatic nitrogens is 1. The monoisotopic (exact) mass is 260 g/mol. The van der Waals surface area contributed by atoms with Gasteiger partial charge in [-0.3, -0.25) is 14.6 Å². The molecule has 0 bridgehead atoms. The van der Waals surface area contributed by atoms with Crippen molar-refractivity contribution < 1.29 is 9.59 Å². The van der Waals surface area contributed by atoms with Gasteiger partial charge in [0, 0.05) is 30.8 Å². The van der Waals surface area contributed by atoms with Gasteiger partial charge in [0.1, 0.15) is 0 Å². The van der Waals surface area contributed by atoms with E-state index in [2.05, 4.69) is 4.98 Å². The third-order valence-corrected chi connectivity index (χ3v) is 3.76. The number of Topliss-reactive ketones (excluding diaryl/α,β-unsaturated/α-hetero) is 1. The normalized spacial score (nSPS) is 18.4. The molecular weight excluding hydrogens is 240 g/mol. The van der Waals surface area contributed by atoms with Gasteiger partial charge in [0.15, 0.2) is 5.78 Å². The van der Waals surface area contributed by atoms with Crippen molar-refractivity contribution in [1.29, 1.82) is 0 Å². The molecule has 2 heterocycles. The van der Waals surface area contributed by atoms with Crippen molar-refractivity contribution in [3.63, 3.8) is 0 Å². The fraction of sp³-hybridized carbons (Fsp3) is 0.533. The van der Waals surface area contributed by atoms with Gasteiger partial charge < -0.3 is 4.90 Å². The Bertz CT molecular complexity index is 468. The average Bonchev–Trinajstić information content (AvgIpc) is 2.40. The van der Waals surface area contributed by atoms with Crippen LogP contribution in [-0.4, -0.2) is 33.7 Å². The number of hydrogen-bond acceptors (Lipinski definition) is 3. The number of ketones is 1. The fourth-order valence-electron chi connectivity index (χ4n) is 2.41. The molecule has 19 heavy (non-hydrogen) atoms. The highest BCUT2D eigenvalue weighted by Gasteiger charge is 2.35. The SMILES string of the molecule is CC1(C)CCC(=O)CN1C(=O)CCc1ccncc1. The molecule has 4 heteroatoms. The van der Waals surface area contributed by atoms with Crippen LogP contribution in [-0.2, 0) is 16.0 Å². The van der Waals surface area contributed by atoms with Crippen molar-refractivity contribution >= 4 is 11.7 Å². The molecule has 2 rings (SSSR count). The zero-order valence-corrected chi connectivity index (χ0v) is 11.6. The highest BCUT2D eigenvalue weighted by molar-refractivity contribution is 5.88. The number of nitrogens with zero attached hydrogens (tertiary/aromatic N) is 2. The van der Waals surface area contributed by atoms with Gasteiger partial charge in [-0.1, -0.05) is 0 Å². The molecule has 1 aliphatic heterocycles. The van der Waals surface area contributed by atoms with E-state index >= 15 is 0 Å². The Balaban J connectivity index is 1.97. The van der Waals surface area contributed by atoms with E-state index in [1.165, 1.54) is 0 Å². The van der Waals surface area contributed by atoms with Gasteiger partial charge in [0.2, 0.25) is 5.91 Å². The number of carbonyl (C=O) groups excluding carboxylic acids is 2. The van der Waals surface area contributed by atoms with E-state index in [-0.39, 0.29) is 23.8 Å². The van der Waals surface area contributed by atoms with Gasteiger partial charge in [-0.05, 0) is 44.4 Å². The quantitative estimate of drug-likeness (QED) is 0.835. The van der Waals surface area contributed by atoms with E-state index in [0.717, 1.165) is 12.0 Å². The molecule has 1 aromatic rings. The summed E-state index contributed by atoms with van der Waals surface area (Å²) in [7, 11) is 0. The number of pyridine rings is 1. The summed E-state index contributed by atoms with van der Waals surface area (Å²) in [6, 6.07) is 3.83. The molecule has 1 aliphatic rings. The minimum absolute atomic E-state index is 0.0647. The minimum atomic E-state index is -0.205. The molecular formula is C15H20N2O2. The second-order valence-corrected chi connectivity index (χ2v) is 5.69. The smallest absolute Gasteiger partial charge is 0.223 e. The van der Waals surface area contributed by atoms with Crippen molar-refractivity contribution in [2.24, 2.45) is 0 Å². The van der Waals surface area contributed by atoms with Crippen molar-refractivity contribution in [2.75, 3.05) is 6.54 Å². The molecule has 0 saturated carbocycles. The van der Waals surface area contributed by atoms with Crippen LogP contribution in [0.4, 0.5) is 0 Å². The molecule has 0 unspecified atom stereocenters. The summed E-state index contributed by atoms with van der Waals surface area (Å²) in [4.78, 5) is 29.5. The molecule has 0 atom stereocenters. The van der Waals surface area contributed by atoms with Gasteiger partial charge in [0.05, 0.1) is 6.54 Å². The summed E-state index contributed by atoms with van der Waals surface area (Å²) in [6.07, 6.45) is 5.94. The van der Waals surface area contributed by atoms with Gasteiger partial charge >= 0.3 is 0 Å². The first-order valence-electron chi connectivity index (χ1n) is 6.70. The maximum absolute atomic E-state index is 12.3. The number of likely N-dealkylation sites (tertiary alicyclic amines) is 1. The number of aryl methyl sites for hydroxylation is 1. The van der Waals surface area contributed by atoms with Crippen LogP contribution in [0.2, 0.25) is 0 Å². The van der Waals surface area contributed by atoms with Gasteiger partial charge in [-0.2, -0.15) is 0 Å². The first-order chi connectivity index (χ1) is 8.99. The fourth-order valence-corrected chi connectivity index (χ4v) is 2.41. The van der Waals surface area contributed by atoms with E-state index in [1.54, 1.807) is 17.3 Å². The van der Waals surface area contributed by atoms with Gasteiger partial charge in [0.25, 0.3) is 0 Å². The third kappa shape index (κ3) is 3.40. The second-order valence-electron chi connectivity index (χ2n) is 5.69. The number of amides is 1. The molecule has 0 spiro atoms. The van der Waals surface area contributed by atoms with Crippen molar-refractivity contribution in [3.8, 4) is 0 Å². The second kappa shape index (κ2) is 5.51. The summed E-state index contributed by atoms with van der Waals surface area (Å²) in [5.41, 5.74) is 0.896. The van der Waals surface area contributed by atoms with Crippen molar-refractivity contribution in [1.82, 2.24) is 9.88 Å². The van der Waals surface area contributed by atoms with E-state index in [1.807, 2.05) is 26.0 Å². The number of piperidine rings is 1. The largest absolute Gasteiger partial charge is 0.330 e. The topological polar surface area (TPSA) is 50.3 Å². The average molecular weight is 260 g/mol. The van der Waals surface area contributed by atoms with Crippen LogP contribution in [0.1, 0.15) is 38.7 Å². The van der Waals surface area contributed by atoms with E-state index in [4.69, 9.17) is 0 Å². The van der Waals surface area contributed by atoms with Gasteiger partial charge in [-0.15, -0.1) is 0 Å². The summed E-state index contributed by atoms with van der Waals surface area (Å²) >= 11 is 0. The summed E-state index contributed by atoms with van der Waals surface area (Å²) in [5.74, 6) is 0.228. The first-order valence-corrected chi connectivity index (χ1v) is 6.70. The minimum Gasteiger partial charge on any atom is -0.330 e. The standard InChI is InChI=1S/C15H20N2O2/c1-15(2)8-5-13(18)11-17(15)14(19)4-3-12-6-9-16-10-7-12/h6-7,9-10H,3-5,8,11H2,1-2H3. The Labute approximate surface area is 113 Å². The lowest BCUT2D eigenvalue weighted by molar-refractivity contribution is -0.144. The van der Waals surface area contributed by atoms with E-state index in [9.17, 15) is 9.59 Å². The maximum Gasteiger partial charge on any atom is 0.223 e. The summed E-state index contributed by atoms with van der Waals surface area (Å²) in [5, 5.41) is 0. The van der Waals surface area contributed by atoms with E-state index in [0.29, 0.717) is 19.3 Å². The lowest BCUT2D eigenvalue weighted by Crippen LogP contribution is -2.53. The van der Waals surface area contributed by atoms with Crippen LogP contribution in [0, 0.1) is 0 Å². The molecule has 0 aliphatic carbocycles. The van der Waals surface area contributed by atoms with Crippen LogP contribution in [0.5, 0.6) is 0 Å². The summed E-state index contributed by atoms with van der Waals surface area (Å²) in [6.45, 7) is 4.33. The molecule has 1 fully saturated rings. The maximum atomic E-state index is 12.3. The Morgan fingerprint density at radius 1 is 1.37 bits per heavy atom. The zero-order chi connectivity index (χ0) is 13.9. The van der Waals surface area contributed by atoms with E-state index < -0.39 is 0 Å². The van der Waals surface area contributed by atoms with Crippen LogP contribution < -0.4 is 0 Å². The molecule has 1 saturated heterocycles. The predicted molar refractivity (Wildman–Crippen MR) is 72.6 cm³/mol. The molecule has 1 aromatic heterocycles. The number of hydrogen-bond donors (Lipinski definition) is 0. The van der Waals surface area contributed by atoms with Crippen LogP contribution >= 0.6 is 0 Å². The van der Waals surface area contributed by atoms with Crippen LogP contribution in [0.3, 0.4) is 0 Å². The highest BCUT2D eigenvalue weighted by Crippen LogP contribution is 2.26. The molecule has 4 nitrogen and oxygen atoms in total. The van der Waals surface area contributed by atoms with Crippen LogP contribution in [0.15, 0.2) is 24.5 Å². The molecule has 0 N–H and O–H groups in total. The third-order valence-electron chi connectivity index (χ3n) is 3.76. The Morgan fingerprint density at radius 2 is 2.05 bits per heavy atom. The molecule has 0 aromatic carbocycles. The lowest BCUT2D eigenvalue weighted by atomic mass is 9.89. The number of carbonyl (C=O) groups is 2. The van der Waals surface area contributed by atoms with Crippen molar-refractivity contribution in [2.45, 2.75) is 45.1 Å². The highest BCUT2D eigenvalue weighted by atomic mass is 16.2. The molecule has 102 valence electrons. The zero-order valence-electron chi connectivity index (χ0n) is 11.6. The predicted octanol–water partition coefficient (Wildman–Crippen LogP) is 1.98.